The van der Waals surface area contributed by atoms with Crippen LogP contribution in [0.5, 0.6) is 0 Å². The van der Waals surface area contributed by atoms with Crippen molar-refractivity contribution >= 4 is 22.6 Å². The highest BCUT2D eigenvalue weighted by Gasteiger charge is 2.05. The van der Waals surface area contributed by atoms with Crippen LogP contribution < -0.4 is 5.32 Å². The van der Waals surface area contributed by atoms with Crippen LogP contribution in [0.2, 0.25) is 0 Å². The van der Waals surface area contributed by atoms with Crippen molar-refractivity contribution in [2.24, 2.45) is 0 Å². The summed E-state index contributed by atoms with van der Waals surface area (Å²) >= 11 is 2.28. The van der Waals surface area contributed by atoms with Gasteiger partial charge in [0.05, 0.1) is 5.69 Å². The van der Waals surface area contributed by atoms with E-state index >= 15 is 0 Å². The van der Waals surface area contributed by atoms with Gasteiger partial charge in [-0.25, -0.2) is 0 Å². The molecule has 1 N–H and O–H groups in total. The lowest BCUT2D eigenvalue weighted by molar-refractivity contribution is 0.421. The maximum atomic E-state index is 5.25. The number of nitrogens with one attached hydrogen (secondary N) is 1. The molecule has 0 aliphatic heterocycles. The van der Waals surface area contributed by atoms with Crippen LogP contribution in [0.1, 0.15) is 5.69 Å². The summed E-state index contributed by atoms with van der Waals surface area (Å²) in [6.07, 6.45) is 0. The largest absolute Gasteiger partial charge is 0.356 e. The molecule has 78 valence electrons. The third-order valence-corrected chi connectivity index (χ3v) is 2.76. The summed E-state index contributed by atoms with van der Waals surface area (Å²) in [7, 11) is 1.89. The van der Waals surface area contributed by atoms with Crippen LogP contribution in [0.4, 0.5) is 0 Å². The van der Waals surface area contributed by atoms with Crippen molar-refractivity contribution in [1.82, 2.24) is 10.5 Å². The Kier molecular flexibility index (Phi) is 3.37. The van der Waals surface area contributed by atoms with Gasteiger partial charge in [-0.2, -0.15) is 0 Å². The third kappa shape index (κ3) is 2.57. The molecule has 0 saturated heterocycles. The highest BCUT2D eigenvalue weighted by Crippen LogP contribution is 2.21. The first-order valence-corrected chi connectivity index (χ1v) is 5.73. The zero-order chi connectivity index (χ0) is 10.7. The van der Waals surface area contributed by atoms with Crippen molar-refractivity contribution < 1.29 is 4.52 Å². The van der Waals surface area contributed by atoms with Crippen LogP contribution in [0.3, 0.4) is 0 Å². The quantitative estimate of drug-likeness (QED) is 0.885. The molecule has 0 aliphatic rings. The molecule has 0 saturated carbocycles. The molecule has 0 fully saturated rings. The maximum Gasteiger partial charge on any atom is 0.167 e. The minimum absolute atomic E-state index is 0.730. The Morgan fingerprint density at radius 3 is 2.73 bits per heavy atom. The monoisotopic (exact) mass is 314 g/mol. The van der Waals surface area contributed by atoms with Crippen molar-refractivity contribution in [3.63, 3.8) is 0 Å². The van der Waals surface area contributed by atoms with E-state index in [2.05, 4.69) is 45.2 Å². The number of halogens is 1. The second kappa shape index (κ2) is 4.76. The van der Waals surface area contributed by atoms with Gasteiger partial charge in [0.15, 0.2) is 5.76 Å². The molecule has 0 atom stereocenters. The average molecular weight is 314 g/mol. The SMILES string of the molecule is CNCc1cc(-c2ccc(I)cc2)on1. The van der Waals surface area contributed by atoms with E-state index in [4.69, 9.17) is 4.52 Å². The summed E-state index contributed by atoms with van der Waals surface area (Å²) in [6.45, 7) is 0.730. The van der Waals surface area contributed by atoms with E-state index in [0.29, 0.717) is 0 Å². The summed E-state index contributed by atoms with van der Waals surface area (Å²) in [4.78, 5) is 0. The van der Waals surface area contributed by atoms with Gasteiger partial charge >= 0.3 is 0 Å². The number of hydrogen-bond donors (Lipinski definition) is 1. The fourth-order valence-electron chi connectivity index (χ4n) is 1.33. The van der Waals surface area contributed by atoms with Crippen LogP contribution in [0.15, 0.2) is 34.9 Å². The Morgan fingerprint density at radius 2 is 2.07 bits per heavy atom. The van der Waals surface area contributed by atoms with Gasteiger partial charge in [0.1, 0.15) is 0 Å². The first-order valence-electron chi connectivity index (χ1n) is 4.66. The van der Waals surface area contributed by atoms with Crippen molar-refractivity contribution in [2.75, 3.05) is 7.05 Å². The molecule has 15 heavy (non-hydrogen) atoms. The zero-order valence-electron chi connectivity index (χ0n) is 8.33. The highest BCUT2D eigenvalue weighted by molar-refractivity contribution is 14.1. The molecule has 3 nitrogen and oxygen atoms in total. The topological polar surface area (TPSA) is 38.1 Å². The number of nitrogens with zero attached hydrogens (tertiary/aromatic N) is 1. The normalized spacial score (nSPS) is 10.5. The van der Waals surface area contributed by atoms with E-state index in [9.17, 15) is 0 Å². The van der Waals surface area contributed by atoms with E-state index in [1.165, 1.54) is 3.57 Å². The van der Waals surface area contributed by atoms with Crippen molar-refractivity contribution in [3.8, 4) is 11.3 Å². The van der Waals surface area contributed by atoms with Crippen molar-refractivity contribution in [3.05, 3.63) is 39.6 Å². The fourth-order valence-corrected chi connectivity index (χ4v) is 1.69. The summed E-state index contributed by atoms with van der Waals surface area (Å²) in [5, 5.41) is 7.00. The van der Waals surface area contributed by atoms with E-state index in [-0.39, 0.29) is 0 Å². The molecule has 0 spiro atoms. The minimum Gasteiger partial charge on any atom is -0.356 e. The van der Waals surface area contributed by atoms with Gasteiger partial charge in [-0.3, -0.25) is 0 Å². The predicted octanol–water partition coefficient (Wildman–Crippen LogP) is 2.67. The van der Waals surface area contributed by atoms with Gasteiger partial charge in [0, 0.05) is 21.7 Å². The van der Waals surface area contributed by atoms with Gasteiger partial charge in [-0.05, 0) is 41.8 Å². The molecular formula is C11H11IN2O. The lowest BCUT2D eigenvalue weighted by atomic mass is 10.2. The van der Waals surface area contributed by atoms with Gasteiger partial charge in [-0.15, -0.1) is 0 Å². The fraction of sp³-hybridized carbons (Fsp3) is 0.182. The molecule has 1 aromatic heterocycles. The molecule has 0 radical (unpaired) electrons. The Labute approximate surface area is 102 Å². The predicted molar refractivity (Wildman–Crippen MR) is 67.4 cm³/mol. The molecule has 1 aromatic carbocycles. The molecular weight excluding hydrogens is 303 g/mol. The number of aromatic nitrogens is 1. The summed E-state index contributed by atoms with van der Waals surface area (Å²) in [5.41, 5.74) is 1.98. The molecule has 0 unspecified atom stereocenters. The van der Waals surface area contributed by atoms with E-state index in [1.54, 1.807) is 0 Å². The zero-order valence-corrected chi connectivity index (χ0v) is 10.5. The van der Waals surface area contributed by atoms with Crippen molar-refractivity contribution in [1.29, 1.82) is 0 Å². The Morgan fingerprint density at radius 1 is 1.33 bits per heavy atom. The molecule has 0 aliphatic carbocycles. The minimum atomic E-state index is 0.730. The average Bonchev–Trinajstić information content (AvgIpc) is 2.68. The highest BCUT2D eigenvalue weighted by atomic mass is 127. The third-order valence-electron chi connectivity index (χ3n) is 2.05. The van der Waals surface area contributed by atoms with E-state index < -0.39 is 0 Å². The molecule has 1 heterocycles. The number of hydrogen-bond acceptors (Lipinski definition) is 3. The standard InChI is InChI=1S/C11H11IN2O/c1-13-7-10-6-11(15-14-10)8-2-4-9(12)5-3-8/h2-6,13H,7H2,1H3. The van der Waals surface area contributed by atoms with Crippen LogP contribution in [0.25, 0.3) is 11.3 Å². The molecule has 4 heteroatoms. The van der Waals surface area contributed by atoms with E-state index in [0.717, 1.165) is 23.6 Å². The van der Waals surface area contributed by atoms with E-state index in [1.807, 2.05) is 25.2 Å². The van der Waals surface area contributed by atoms with Crippen LogP contribution >= 0.6 is 22.6 Å². The number of benzene rings is 1. The lowest BCUT2D eigenvalue weighted by Crippen LogP contribution is -2.04. The molecule has 2 aromatic rings. The lowest BCUT2D eigenvalue weighted by Gasteiger charge is -1.94. The summed E-state index contributed by atoms with van der Waals surface area (Å²) < 4.78 is 6.46. The Hall–Kier alpha value is -0.880. The molecule has 2 rings (SSSR count). The first kappa shape index (κ1) is 10.6. The van der Waals surface area contributed by atoms with Crippen LogP contribution in [-0.2, 0) is 6.54 Å². The van der Waals surface area contributed by atoms with Gasteiger partial charge in [0.2, 0.25) is 0 Å². The summed E-state index contributed by atoms with van der Waals surface area (Å²) in [5.74, 6) is 0.816. The second-order valence-corrected chi connectivity index (χ2v) is 4.47. The van der Waals surface area contributed by atoms with Crippen LogP contribution in [-0.4, -0.2) is 12.2 Å². The van der Waals surface area contributed by atoms with Crippen LogP contribution in [0, 0.1) is 3.57 Å². The molecule has 0 amide bonds. The summed E-state index contributed by atoms with van der Waals surface area (Å²) in [6, 6.07) is 10.1. The second-order valence-electron chi connectivity index (χ2n) is 3.22. The molecule has 0 bridgehead atoms. The Bertz CT molecular complexity index is 436. The van der Waals surface area contributed by atoms with Gasteiger partial charge in [-0.1, -0.05) is 17.3 Å². The Balaban J connectivity index is 2.25. The van der Waals surface area contributed by atoms with Gasteiger partial charge in [0.25, 0.3) is 0 Å². The number of rotatable bonds is 3. The maximum absolute atomic E-state index is 5.25. The van der Waals surface area contributed by atoms with Gasteiger partial charge < -0.3 is 9.84 Å². The first-order chi connectivity index (χ1) is 7.29. The smallest absolute Gasteiger partial charge is 0.167 e. The van der Waals surface area contributed by atoms with Crippen molar-refractivity contribution in [2.45, 2.75) is 6.54 Å².